The average Bonchev–Trinajstić information content (AvgIpc) is 3.33. The SMILES string of the molecule is O=[N+]([O-])c1cc(C2Nc3ccc(OCCCc4ccccc4)cc3C3C=CCC32)ccc1Cl. The van der Waals surface area contributed by atoms with E-state index in [-0.39, 0.29) is 28.6 Å². The van der Waals surface area contributed by atoms with Crippen molar-refractivity contribution in [1.82, 2.24) is 0 Å². The van der Waals surface area contributed by atoms with E-state index in [1.54, 1.807) is 12.1 Å². The molecule has 3 aromatic rings. The van der Waals surface area contributed by atoms with Crippen LogP contribution in [0, 0.1) is 16.0 Å². The Morgan fingerprint density at radius 3 is 2.76 bits per heavy atom. The van der Waals surface area contributed by atoms with Gasteiger partial charge in [-0.05, 0) is 66.1 Å². The zero-order valence-corrected chi connectivity index (χ0v) is 18.9. The molecule has 0 bridgehead atoms. The molecule has 1 N–H and O–H groups in total. The predicted molar refractivity (Wildman–Crippen MR) is 131 cm³/mol. The van der Waals surface area contributed by atoms with Gasteiger partial charge in [0.1, 0.15) is 10.8 Å². The molecule has 3 aromatic carbocycles. The van der Waals surface area contributed by atoms with Gasteiger partial charge in [0.05, 0.1) is 17.6 Å². The Balaban J connectivity index is 1.32. The van der Waals surface area contributed by atoms with Crippen molar-refractivity contribution < 1.29 is 9.66 Å². The Morgan fingerprint density at radius 1 is 1.09 bits per heavy atom. The highest BCUT2D eigenvalue weighted by atomic mass is 35.5. The van der Waals surface area contributed by atoms with E-state index in [2.05, 4.69) is 53.9 Å². The van der Waals surface area contributed by atoms with Gasteiger partial charge in [0.25, 0.3) is 5.69 Å². The number of hydrogen-bond donors (Lipinski definition) is 1. The highest BCUT2D eigenvalue weighted by Crippen LogP contribution is 2.51. The fraction of sp³-hybridized carbons (Fsp3) is 0.259. The minimum atomic E-state index is -0.422. The number of benzene rings is 3. The van der Waals surface area contributed by atoms with Crippen molar-refractivity contribution in [3.63, 3.8) is 0 Å². The molecule has 3 atom stereocenters. The lowest BCUT2D eigenvalue weighted by atomic mass is 9.77. The molecule has 5 rings (SSSR count). The third kappa shape index (κ3) is 4.46. The molecule has 168 valence electrons. The third-order valence-electron chi connectivity index (χ3n) is 6.58. The summed E-state index contributed by atoms with van der Waals surface area (Å²) in [5.74, 6) is 1.41. The molecular formula is C27H25ClN2O3. The summed E-state index contributed by atoms with van der Waals surface area (Å²) in [7, 11) is 0. The highest BCUT2D eigenvalue weighted by molar-refractivity contribution is 6.32. The zero-order chi connectivity index (χ0) is 22.8. The lowest BCUT2D eigenvalue weighted by molar-refractivity contribution is -0.384. The van der Waals surface area contributed by atoms with Gasteiger partial charge in [0.2, 0.25) is 0 Å². The first-order chi connectivity index (χ1) is 16.1. The summed E-state index contributed by atoms with van der Waals surface area (Å²) in [6, 6.07) is 21.7. The van der Waals surface area contributed by atoms with Crippen LogP contribution in [-0.2, 0) is 6.42 Å². The largest absolute Gasteiger partial charge is 0.494 e. The second-order valence-corrected chi connectivity index (χ2v) is 9.04. The molecule has 0 aromatic heterocycles. The van der Waals surface area contributed by atoms with Crippen LogP contribution in [-0.4, -0.2) is 11.5 Å². The Bertz CT molecular complexity index is 1200. The first-order valence-corrected chi connectivity index (χ1v) is 11.7. The van der Waals surface area contributed by atoms with Crippen LogP contribution >= 0.6 is 11.6 Å². The van der Waals surface area contributed by atoms with Crippen LogP contribution in [0.25, 0.3) is 0 Å². The van der Waals surface area contributed by atoms with Gasteiger partial charge in [-0.2, -0.15) is 0 Å². The molecule has 0 spiro atoms. The number of hydrogen-bond acceptors (Lipinski definition) is 4. The van der Waals surface area contributed by atoms with Crippen LogP contribution < -0.4 is 10.1 Å². The topological polar surface area (TPSA) is 64.4 Å². The summed E-state index contributed by atoms with van der Waals surface area (Å²) < 4.78 is 6.07. The number of anilines is 1. The Morgan fingerprint density at radius 2 is 1.94 bits per heavy atom. The molecule has 0 radical (unpaired) electrons. The van der Waals surface area contributed by atoms with Crippen LogP contribution in [0.3, 0.4) is 0 Å². The van der Waals surface area contributed by atoms with Gasteiger partial charge >= 0.3 is 0 Å². The molecule has 0 amide bonds. The monoisotopic (exact) mass is 460 g/mol. The van der Waals surface area contributed by atoms with Gasteiger partial charge in [-0.1, -0.05) is 60.2 Å². The Hall–Kier alpha value is -3.31. The van der Waals surface area contributed by atoms with Crippen LogP contribution in [0.1, 0.15) is 41.5 Å². The van der Waals surface area contributed by atoms with E-state index in [1.165, 1.54) is 11.1 Å². The van der Waals surface area contributed by atoms with Gasteiger partial charge < -0.3 is 10.1 Å². The molecule has 6 heteroatoms. The maximum atomic E-state index is 11.4. The van der Waals surface area contributed by atoms with E-state index in [4.69, 9.17) is 16.3 Å². The predicted octanol–water partition coefficient (Wildman–Crippen LogP) is 7.09. The van der Waals surface area contributed by atoms with Crippen molar-refractivity contribution in [3.05, 3.63) is 111 Å². The standard InChI is InChI=1S/C27H25ClN2O3/c28-24-13-11-19(16-26(24)30(31)32)27-22-10-4-9-21(22)23-17-20(12-14-25(23)29-27)33-15-5-8-18-6-2-1-3-7-18/h1-4,6-7,9,11-14,16-17,21-22,27,29H,5,8,10,15H2. The van der Waals surface area contributed by atoms with Gasteiger partial charge in [-0.25, -0.2) is 0 Å². The van der Waals surface area contributed by atoms with E-state index >= 15 is 0 Å². The van der Waals surface area contributed by atoms with E-state index in [9.17, 15) is 10.1 Å². The number of fused-ring (bicyclic) bond motifs is 3. The number of halogens is 1. The number of aryl methyl sites for hydroxylation is 1. The summed E-state index contributed by atoms with van der Waals surface area (Å²) in [5, 5.41) is 15.2. The molecule has 1 aliphatic heterocycles. The van der Waals surface area contributed by atoms with Crippen molar-refractivity contribution >= 4 is 23.0 Å². The van der Waals surface area contributed by atoms with E-state index in [1.807, 2.05) is 18.2 Å². The minimum absolute atomic E-state index is 0.0221. The van der Waals surface area contributed by atoms with Crippen molar-refractivity contribution in [2.75, 3.05) is 11.9 Å². The number of ether oxygens (including phenoxy) is 1. The molecule has 1 heterocycles. The van der Waals surface area contributed by atoms with Gasteiger partial charge in [0.15, 0.2) is 0 Å². The summed E-state index contributed by atoms with van der Waals surface area (Å²) in [5.41, 5.74) is 4.42. The van der Waals surface area contributed by atoms with Crippen LogP contribution in [0.2, 0.25) is 5.02 Å². The summed E-state index contributed by atoms with van der Waals surface area (Å²) in [4.78, 5) is 11.0. The molecule has 0 saturated carbocycles. The highest BCUT2D eigenvalue weighted by Gasteiger charge is 2.38. The van der Waals surface area contributed by atoms with Crippen LogP contribution in [0.5, 0.6) is 5.75 Å². The van der Waals surface area contributed by atoms with Gasteiger partial charge in [-0.3, -0.25) is 10.1 Å². The number of allylic oxidation sites excluding steroid dienone is 2. The third-order valence-corrected chi connectivity index (χ3v) is 6.90. The zero-order valence-electron chi connectivity index (χ0n) is 18.1. The molecule has 5 nitrogen and oxygen atoms in total. The van der Waals surface area contributed by atoms with Crippen molar-refractivity contribution in [1.29, 1.82) is 0 Å². The van der Waals surface area contributed by atoms with Crippen molar-refractivity contribution in [3.8, 4) is 5.75 Å². The number of rotatable bonds is 7. The van der Waals surface area contributed by atoms with Gasteiger partial charge in [-0.15, -0.1) is 0 Å². The molecule has 3 unspecified atom stereocenters. The van der Waals surface area contributed by atoms with E-state index in [0.29, 0.717) is 6.61 Å². The number of nitrogens with zero attached hydrogens (tertiary/aromatic N) is 1. The van der Waals surface area contributed by atoms with Crippen LogP contribution in [0.4, 0.5) is 11.4 Å². The summed E-state index contributed by atoms with van der Waals surface area (Å²) in [6.07, 6.45) is 7.33. The second kappa shape index (κ2) is 9.28. The molecular weight excluding hydrogens is 436 g/mol. The number of nitro benzene ring substituents is 1. The quantitative estimate of drug-likeness (QED) is 0.177. The Kier molecular flexibility index (Phi) is 6.05. The molecule has 1 aliphatic carbocycles. The maximum Gasteiger partial charge on any atom is 0.288 e. The molecule has 33 heavy (non-hydrogen) atoms. The van der Waals surface area contributed by atoms with Gasteiger partial charge in [0, 0.05) is 17.7 Å². The lowest BCUT2D eigenvalue weighted by Gasteiger charge is -2.37. The summed E-state index contributed by atoms with van der Waals surface area (Å²) in [6.45, 7) is 0.669. The molecule has 0 saturated heterocycles. The normalized spacial score (nSPS) is 20.6. The smallest absolute Gasteiger partial charge is 0.288 e. The number of nitro groups is 1. The molecule has 2 aliphatic rings. The average molecular weight is 461 g/mol. The van der Waals surface area contributed by atoms with Crippen molar-refractivity contribution in [2.45, 2.75) is 31.2 Å². The van der Waals surface area contributed by atoms with Crippen molar-refractivity contribution in [2.24, 2.45) is 5.92 Å². The fourth-order valence-corrected chi connectivity index (χ4v) is 5.15. The second-order valence-electron chi connectivity index (χ2n) is 8.63. The maximum absolute atomic E-state index is 11.4. The first kappa shape index (κ1) is 21.5. The first-order valence-electron chi connectivity index (χ1n) is 11.3. The van der Waals surface area contributed by atoms with Crippen LogP contribution in [0.15, 0.2) is 78.9 Å². The van der Waals surface area contributed by atoms with E-state index < -0.39 is 4.92 Å². The van der Waals surface area contributed by atoms with E-state index in [0.717, 1.165) is 36.3 Å². The summed E-state index contributed by atoms with van der Waals surface area (Å²) >= 11 is 6.04. The molecule has 0 fully saturated rings. The minimum Gasteiger partial charge on any atom is -0.494 e. The lowest BCUT2D eigenvalue weighted by Crippen LogP contribution is -2.29. The number of nitrogens with one attached hydrogen (secondary N) is 1. The Labute approximate surface area is 198 Å². The fourth-order valence-electron chi connectivity index (χ4n) is 4.97.